The minimum atomic E-state index is -0.358. The van der Waals surface area contributed by atoms with Gasteiger partial charge in [-0.25, -0.2) is 9.37 Å². The van der Waals surface area contributed by atoms with E-state index in [-0.39, 0.29) is 5.82 Å². The molecule has 0 radical (unpaired) electrons. The van der Waals surface area contributed by atoms with Gasteiger partial charge in [0.25, 0.3) is 0 Å². The van der Waals surface area contributed by atoms with E-state index in [9.17, 15) is 4.39 Å². The number of hydrogen-bond donors (Lipinski definition) is 1. The van der Waals surface area contributed by atoms with Gasteiger partial charge in [0, 0.05) is 25.1 Å². The number of nitrogens with zero attached hydrogens (tertiary/aromatic N) is 2. The lowest BCUT2D eigenvalue weighted by atomic mass is 10.3. The molecular formula is C15H17BrFN3O. The van der Waals surface area contributed by atoms with E-state index in [0.29, 0.717) is 27.7 Å². The highest BCUT2D eigenvalue weighted by Crippen LogP contribution is 2.30. The number of aryl methyl sites for hydroxylation is 1. The number of nitrogens with one attached hydrogen (secondary N) is 1. The Hall–Kier alpha value is -1.69. The second kappa shape index (κ2) is 7.36. The maximum atomic E-state index is 13.3. The number of benzene rings is 1. The molecule has 0 aliphatic heterocycles. The summed E-state index contributed by atoms with van der Waals surface area (Å²) in [6.07, 6.45) is 1.71. The highest BCUT2D eigenvalue weighted by atomic mass is 79.9. The van der Waals surface area contributed by atoms with Crippen LogP contribution in [0.3, 0.4) is 0 Å². The van der Waals surface area contributed by atoms with E-state index >= 15 is 0 Å². The number of ether oxygens (including phenoxy) is 1. The number of hydrogen-bond acceptors (Lipinski definition) is 4. The van der Waals surface area contributed by atoms with Crippen molar-refractivity contribution >= 4 is 21.7 Å². The fourth-order valence-electron chi connectivity index (χ4n) is 1.80. The lowest BCUT2D eigenvalue weighted by Crippen LogP contribution is -2.04. The maximum absolute atomic E-state index is 13.3. The standard InChI is InChI=1S/C15H17BrFN3O/c1-3-5-13-19-14(18-4-2)9-15(20-13)21-12-8-10(17)6-7-11(12)16/h6-9H,3-5H2,1-2H3,(H,18,19,20). The Labute approximate surface area is 131 Å². The number of aromatic nitrogens is 2. The first-order chi connectivity index (χ1) is 10.1. The van der Waals surface area contributed by atoms with Gasteiger partial charge < -0.3 is 10.1 Å². The zero-order valence-corrected chi connectivity index (χ0v) is 13.6. The summed E-state index contributed by atoms with van der Waals surface area (Å²) in [4.78, 5) is 8.76. The van der Waals surface area contributed by atoms with Crippen LogP contribution in [-0.4, -0.2) is 16.5 Å². The Kier molecular flexibility index (Phi) is 5.50. The highest BCUT2D eigenvalue weighted by molar-refractivity contribution is 9.10. The number of rotatable bonds is 6. The Bertz CT molecular complexity index is 598. The first kappa shape index (κ1) is 15.7. The van der Waals surface area contributed by atoms with Crippen molar-refractivity contribution in [2.45, 2.75) is 26.7 Å². The zero-order chi connectivity index (χ0) is 15.2. The predicted octanol–water partition coefficient (Wildman–Crippen LogP) is 4.55. The van der Waals surface area contributed by atoms with Crippen LogP contribution >= 0.6 is 15.9 Å². The summed E-state index contributed by atoms with van der Waals surface area (Å²) in [5.41, 5.74) is 0. The highest BCUT2D eigenvalue weighted by Gasteiger charge is 2.09. The van der Waals surface area contributed by atoms with Gasteiger partial charge >= 0.3 is 0 Å². The van der Waals surface area contributed by atoms with Crippen LogP contribution in [0.25, 0.3) is 0 Å². The fourth-order valence-corrected chi connectivity index (χ4v) is 2.13. The Morgan fingerprint density at radius 3 is 2.76 bits per heavy atom. The van der Waals surface area contributed by atoms with Crippen molar-refractivity contribution in [1.29, 1.82) is 0 Å². The molecule has 0 fully saturated rings. The molecule has 0 unspecified atom stereocenters. The van der Waals surface area contributed by atoms with E-state index in [1.165, 1.54) is 12.1 Å². The van der Waals surface area contributed by atoms with Gasteiger partial charge in [-0.3, -0.25) is 0 Å². The van der Waals surface area contributed by atoms with Crippen molar-refractivity contribution in [3.63, 3.8) is 0 Å². The van der Waals surface area contributed by atoms with Crippen LogP contribution in [-0.2, 0) is 6.42 Å². The SMILES string of the molecule is CCCc1nc(NCC)cc(Oc2cc(F)ccc2Br)n1. The molecule has 112 valence electrons. The molecule has 0 saturated heterocycles. The third-order valence-corrected chi connectivity index (χ3v) is 3.34. The molecule has 0 bridgehead atoms. The van der Waals surface area contributed by atoms with Crippen molar-refractivity contribution in [3.8, 4) is 11.6 Å². The molecule has 0 aliphatic rings. The van der Waals surface area contributed by atoms with E-state index in [1.54, 1.807) is 12.1 Å². The molecule has 1 N–H and O–H groups in total. The number of halogens is 2. The van der Waals surface area contributed by atoms with E-state index in [2.05, 4.69) is 38.1 Å². The summed E-state index contributed by atoms with van der Waals surface area (Å²) >= 11 is 3.34. The summed E-state index contributed by atoms with van der Waals surface area (Å²) in [5, 5.41) is 3.14. The topological polar surface area (TPSA) is 47.0 Å². The second-order valence-corrected chi connectivity index (χ2v) is 5.32. The Morgan fingerprint density at radius 1 is 1.24 bits per heavy atom. The van der Waals surface area contributed by atoms with Crippen LogP contribution in [0.2, 0.25) is 0 Å². The van der Waals surface area contributed by atoms with Gasteiger partial charge in [0.05, 0.1) is 4.47 Å². The van der Waals surface area contributed by atoms with Gasteiger partial charge in [-0.15, -0.1) is 0 Å². The molecule has 21 heavy (non-hydrogen) atoms. The third-order valence-electron chi connectivity index (χ3n) is 2.69. The van der Waals surface area contributed by atoms with Gasteiger partial charge in [0.1, 0.15) is 23.2 Å². The van der Waals surface area contributed by atoms with Gasteiger partial charge in [-0.1, -0.05) is 6.92 Å². The van der Waals surface area contributed by atoms with E-state index in [1.807, 2.05) is 6.92 Å². The lowest BCUT2D eigenvalue weighted by Gasteiger charge is -2.10. The normalized spacial score (nSPS) is 10.5. The summed E-state index contributed by atoms with van der Waals surface area (Å²) in [6.45, 7) is 4.81. The molecule has 0 saturated carbocycles. The molecular weight excluding hydrogens is 337 g/mol. The van der Waals surface area contributed by atoms with Crippen molar-refractivity contribution in [2.24, 2.45) is 0 Å². The molecule has 0 atom stereocenters. The predicted molar refractivity (Wildman–Crippen MR) is 84.4 cm³/mol. The minimum absolute atomic E-state index is 0.358. The van der Waals surface area contributed by atoms with Crippen LogP contribution in [0.4, 0.5) is 10.2 Å². The van der Waals surface area contributed by atoms with Crippen molar-refractivity contribution < 1.29 is 9.13 Å². The molecule has 1 aromatic heterocycles. The molecule has 2 rings (SSSR count). The largest absolute Gasteiger partial charge is 0.438 e. The number of anilines is 1. The monoisotopic (exact) mass is 353 g/mol. The van der Waals surface area contributed by atoms with Crippen LogP contribution < -0.4 is 10.1 Å². The average Bonchev–Trinajstić information content (AvgIpc) is 2.43. The zero-order valence-electron chi connectivity index (χ0n) is 12.0. The average molecular weight is 354 g/mol. The van der Waals surface area contributed by atoms with Crippen molar-refractivity contribution in [3.05, 3.63) is 40.4 Å². The van der Waals surface area contributed by atoms with E-state index < -0.39 is 0 Å². The first-order valence-corrected chi connectivity index (χ1v) is 7.66. The summed E-state index contributed by atoms with van der Waals surface area (Å²) < 4.78 is 19.7. The molecule has 1 heterocycles. The van der Waals surface area contributed by atoms with E-state index in [0.717, 1.165) is 19.4 Å². The molecule has 1 aromatic carbocycles. The summed E-state index contributed by atoms with van der Waals surface area (Å²) in [6, 6.07) is 5.99. The van der Waals surface area contributed by atoms with Crippen LogP contribution in [0, 0.1) is 5.82 Å². The van der Waals surface area contributed by atoms with Gasteiger partial charge in [0.15, 0.2) is 0 Å². The fraction of sp³-hybridized carbons (Fsp3) is 0.333. The van der Waals surface area contributed by atoms with Crippen molar-refractivity contribution in [1.82, 2.24) is 9.97 Å². The van der Waals surface area contributed by atoms with Crippen LogP contribution in [0.1, 0.15) is 26.1 Å². The quantitative estimate of drug-likeness (QED) is 0.827. The van der Waals surface area contributed by atoms with Gasteiger partial charge in [0.2, 0.25) is 5.88 Å². The lowest BCUT2D eigenvalue weighted by molar-refractivity contribution is 0.451. The van der Waals surface area contributed by atoms with Gasteiger partial charge in [-0.2, -0.15) is 4.98 Å². The minimum Gasteiger partial charge on any atom is -0.438 e. The van der Waals surface area contributed by atoms with Crippen LogP contribution in [0.15, 0.2) is 28.7 Å². The summed E-state index contributed by atoms with van der Waals surface area (Å²) in [5.74, 6) is 1.84. The molecule has 0 aliphatic carbocycles. The summed E-state index contributed by atoms with van der Waals surface area (Å²) in [7, 11) is 0. The van der Waals surface area contributed by atoms with E-state index in [4.69, 9.17) is 4.74 Å². The molecule has 6 heteroatoms. The maximum Gasteiger partial charge on any atom is 0.224 e. The first-order valence-electron chi connectivity index (χ1n) is 6.87. The van der Waals surface area contributed by atoms with Crippen LogP contribution in [0.5, 0.6) is 11.6 Å². The molecule has 0 amide bonds. The molecule has 2 aromatic rings. The smallest absolute Gasteiger partial charge is 0.224 e. The second-order valence-electron chi connectivity index (χ2n) is 4.46. The Morgan fingerprint density at radius 2 is 2.05 bits per heavy atom. The molecule has 4 nitrogen and oxygen atoms in total. The molecule has 0 spiro atoms. The van der Waals surface area contributed by atoms with Gasteiger partial charge in [-0.05, 0) is 41.4 Å². The third kappa shape index (κ3) is 4.39. The van der Waals surface area contributed by atoms with Crippen molar-refractivity contribution in [2.75, 3.05) is 11.9 Å². The Balaban J connectivity index is 2.31.